The van der Waals surface area contributed by atoms with Gasteiger partial charge in [-0.3, -0.25) is 9.59 Å². The van der Waals surface area contributed by atoms with Crippen molar-refractivity contribution in [3.8, 4) is 5.75 Å². The Morgan fingerprint density at radius 1 is 1.29 bits per heavy atom. The molecule has 0 saturated carbocycles. The molecule has 0 atom stereocenters. The van der Waals surface area contributed by atoms with Crippen LogP contribution in [0.2, 0.25) is 0 Å². The van der Waals surface area contributed by atoms with Crippen molar-refractivity contribution >= 4 is 39.1 Å². The Morgan fingerprint density at radius 3 is 2.79 bits per heavy atom. The summed E-state index contributed by atoms with van der Waals surface area (Å²) in [6, 6.07) is 8.32. The molecule has 8 nitrogen and oxygen atoms in total. The Balaban J connectivity index is 1.63. The molecule has 144 valence electrons. The Bertz CT molecular complexity index is 1050. The second-order valence-corrected chi connectivity index (χ2v) is 7.09. The number of fused-ring (bicyclic) bond motifs is 1. The molecule has 2 aromatic heterocycles. The van der Waals surface area contributed by atoms with Crippen LogP contribution in [0.15, 0.2) is 43.9 Å². The highest BCUT2D eigenvalue weighted by molar-refractivity contribution is 9.10. The van der Waals surface area contributed by atoms with E-state index in [1.165, 1.54) is 0 Å². The molecule has 3 heterocycles. The minimum atomic E-state index is -0.397. The number of carbonyl (C=O) groups excluding carboxylic acids is 2. The number of aryl methyl sites for hydroxylation is 2. The van der Waals surface area contributed by atoms with Crippen molar-refractivity contribution in [3.63, 3.8) is 0 Å². The maximum Gasteiger partial charge on any atom is 0.291 e. The predicted octanol–water partition coefficient (Wildman–Crippen LogP) is 3.82. The summed E-state index contributed by atoms with van der Waals surface area (Å²) in [5, 5.41) is 6.70. The zero-order chi connectivity index (χ0) is 19.8. The first-order chi connectivity index (χ1) is 13.4. The van der Waals surface area contributed by atoms with Crippen molar-refractivity contribution in [1.29, 1.82) is 0 Å². The molecule has 0 aliphatic carbocycles. The van der Waals surface area contributed by atoms with E-state index in [9.17, 15) is 9.59 Å². The van der Waals surface area contributed by atoms with Crippen LogP contribution in [0.4, 0.5) is 11.4 Å². The topological polar surface area (TPSA) is 97.8 Å². The molecule has 1 aliphatic rings. The number of anilines is 2. The molecule has 0 spiro atoms. The molecule has 28 heavy (non-hydrogen) atoms. The summed E-state index contributed by atoms with van der Waals surface area (Å²) < 4.78 is 16.5. The lowest BCUT2D eigenvalue weighted by atomic mass is 10.1. The zero-order valence-corrected chi connectivity index (χ0v) is 16.7. The highest BCUT2D eigenvalue weighted by Gasteiger charge is 2.28. The first-order valence-electron chi connectivity index (χ1n) is 8.48. The number of nitrogens with one attached hydrogen (secondary N) is 1. The van der Waals surface area contributed by atoms with Gasteiger partial charge in [0.15, 0.2) is 17.0 Å². The van der Waals surface area contributed by atoms with Gasteiger partial charge in [0.2, 0.25) is 0 Å². The van der Waals surface area contributed by atoms with Crippen LogP contribution in [0, 0.1) is 13.8 Å². The van der Waals surface area contributed by atoms with Gasteiger partial charge in [-0.25, -0.2) is 0 Å². The number of ether oxygens (including phenoxy) is 1. The van der Waals surface area contributed by atoms with Gasteiger partial charge in [0.25, 0.3) is 11.8 Å². The fourth-order valence-electron chi connectivity index (χ4n) is 2.97. The van der Waals surface area contributed by atoms with Crippen LogP contribution >= 0.6 is 15.9 Å². The molecule has 0 radical (unpaired) electrons. The molecule has 1 aliphatic heterocycles. The van der Waals surface area contributed by atoms with Crippen molar-refractivity contribution in [2.45, 2.75) is 20.4 Å². The summed E-state index contributed by atoms with van der Waals surface area (Å²) in [6.45, 7) is 3.89. The van der Waals surface area contributed by atoms with Gasteiger partial charge < -0.3 is 23.9 Å². The van der Waals surface area contributed by atoms with E-state index in [1.807, 2.05) is 6.92 Å². The summed E-state index contributed by atoms with van der Waals surface area (Å²) in [5.41, 5.74) is 2.65. The van der Waals surface area contributed by atoms with Crippen molar-refractivity contribution in [1.82, 2.24) is 5.16 Å². The second-order valence-electron chi connectivity index (χ2n) is 6.31. The molecule has 0 fully saturated rings. The van der Waals surface area contributed by atoms with Gasteiger partial charge in [-0.05, 0) is 60.1 Å². The number of rotatable bonds is 4. The monoisotopic (exact) mass is 445 g/mol. The number of carbonyl (C=O) groups is 2. The third-order valence-electron chi connectivity index (χ3n) is 4.45. The largest absolute Gasteiger partial charge is 0.482 e. The Kier molecular flexibility index (Phi) is 4.68. The minimum Gasteiger partial charge on any atom is -0.482 e. The number of benzene rings is 1. The lowest BCUT2D eigenvalue weighted by molar-refractivity contribution is -0.121. The number of hydrogen-bond donors (Lipinski definition) is 1. The number of furan rings is 1. The summed E-state index contributed by atoms with van der Waals surface area (Å²) in [4.78, 5) is 26.4. The van der Waals surface area contributed by atoms with Crippen LogP contribution in [0.3, 0.4) is 0 Å². The first-order valence-corrected chi connectivity index (χ1v) is 9.27. The molecule has 0 bridgehead atoms. The van der Waals surface area contributed by atoms with Crippen LogP contribution in [0.25, 0.3) is 0 Å². The van der Waals surface area contributed by atoms with Gasteiger partial charge >= 0.3 is 0 Å². The molecule has 9 heteroatoms. The third kappa shape index (κ3) is 3.40. The number of nitrogens with zero attached hydrogens (tertiary/aromatic N) is 2. The standard InChI is InChI=1S/C19H16BrN3O5/c1-10-13(11(2)28-22-10)8-23-14-7-12(3-4-15(14)26-9-18(23)24)21-19(25)16-5-6-17(20)27-16/h3-7H,8-9H2,1-2H3,(H,21,25). The SMILES string of the molecule is Cc1noc(C)c1CN1C(=O)COc2ccc(NC(=O)c3ccc(Br)o3)cc21. The van der Waals surface area contributed by atoms with Gasteiger partial charge in [-0.15, -0.1) is 0 Å². The zero-order valence-electron chi connectivity index (χ0n) is 15.1. The Labute approximate surface area is 168 Å². The fraction of sp³-hybridized carbons (Fsp3) is 0.211. The number of aromatic nitrogens is 1. The summed E-state index contributed by atoms with van der Waals surface area (Å²) in [5.74, 6) is 0.803. The van der Waals surface area contributed by atoms with Crippen LogP contribution < -0.4 is 15.0 Å². The van der Waals surface area contributed by atoms with Crippen LogP contribution in [0.5, 0.6) is 5.75 Å². The van der Waals surface area contributed by atoms with E-state index in [0.717, 1.165) is 11.3 Å². The molecule has 0 saturated heterocycles. The van der Waals surface area contributed by atoms with E-state index >= 15 is 0 Å². The fourth-order valence-corrected chi connectivity index (χ4v) is 3.27. The molecule has 1 N–H and O–H groups in total. The normalized spacial score (nSPS) is 13.2. The van der Waals surface area contributed by atoms with E-state index in [4.69, 9.17) is 13.7 Å². The third-order valence-corrected chi connectivity index (χ3v) is 4.88. The van der Waals surface area contributed by atoms with Crippen LogP contribution in [-0.4, -0.2) is 23.6 Å². The second kappa shape index (κ2) is 7.16. The van der Waals surface area contributed by atoms with Crippen molar-refractivity contribution in [2.75, 3.05) is 16.8 Å². The van der Waals surface area contributed by atoms with Gasteiger partial charge in [-0.2, -0.15) is 0 Å². The molecule has 2 amide bonds. The maximum absolute atomic E-state index is 12.5. The van der Waals surface area contributed by atoms with Gasteiger partial charge in [0, 0.05) is 11.3 Å². The Hall–Kier alpha value is -3.07. The van der Waals surface area contributed by atoms with E-state index in [2.05, 4.69) is 26.4 Å². The lowest BCUT2D eigenvalue weighted by Crippen LogP contribution is -2.38. The van der Waals surface area contributed by atoms with E-state index in [0.29, 0.717) is 34.1 Å². The summed E-state index contributed by atoms with van der Waals surface area (Å²) >= 11 is 3.17. The first kappa shape index (κ1) is 18.3. The summed E-state index contributed by atoms with van der Waals surface area (Å²) in [6.07, 6.45) is 0. The molecular formula is C19H16BrN3O5. The number of halogens is 1. The minimum absolute atomic E-state index is 0.0531. The molecule has 0 unspecified atom stereocenters. The van der Waals surface area contributed by atoms with Crippen molar-refractivity contribution < 1.29 is 23.3 Å². The van der Waals surface area contributed by atoms with Gasteiger partial charge in [0.1, 0.15) is 11.5 Å². The van der Waals surface area contributed by atoms with E-state index in [1.54, 1.807) is 42.2 Å². The number of amides is 2. The van der Waals surface area contributed by atoms with E-state index in [-0.39, 0.29) is 18.3 Å². The molecule has 3 aromatic rings. The van der Waals surface area contributed by atoms with Gasteiger partial charge in [0.05, 0.1) is 17.9 Å². The average Bonchev–Trinajstić information content (AvgIpc) is 3.24. The smallest absolute Gasteiger partial charge is 0.291 e. The molecule has 1 aromatic carbocycles. The maximum atomic E-state index is 12.5. The van der Waals surface area contributed by atoms with Crippen molar-refractivity contribution in [3.05, 3.63) is 57.8 Å². The Morgan fingerprint density at radius 2 is 2.11 bits per heavy atom. The molecular weight excluding hydrogens is 430 g/mol. The van der Waals surface area contributed by atoms with Crippen LogP contribution in [0.1, 0.15) is 27.6 Å². The van der Waals surface area contributed by atoms with Crippen molar-refractivity contribution in [2.24, 2.45) is 0 Å². The van der Waals surface area contributed by atoms with Gasteiger partial charge in [-0.1, -0.05) is 5.16 Å². The predicted molar refractivity (Wildman–Crippen MR) is 103 cm³/mol. The highest BCUT2D eigenvalue weighted by atomic mass is 79.9. The average molecular weight is 446 g/mol. The highest BCUT2D eigenvalue weighted by Crippen LogP contribution is 2.36. The molecule has 4 rings (SSSR count). The number of hydrogen-bond acceptors (Lipinski definition) is 6. The lowest BCUT2D eigenvalue weighted by Gasteiger charge is -2.29. The summed E-state index contributed by atoms with van der Waals surface area (Å²) in [7, 11) is 0. The quantitative estimate of drug-likeness (QED) is 0.655. The van der Waals surface area contributed by atoms with Crippen LogP contribution in [-0.2, 0) is 11.3 Å². The van der Waals surface area contributed by atoms with E-state index < -0.39 is 5.91 Å².